The number of thioether (sulfide) groups is 1. The summed E-state index contributed by atoms with van der Waals surface area (Å²) in [6, 6.07) is 0. The summed E-state index contributed by atoms with van der Waals surface area (Å²) in [4.78, 5) is 25.0. The predicted octanol–water partition coefficient (Wildman–Crippen LogP) is 1.58. The Balaban J connectivity index is 2.01. The van der Waals surface area contributed by atoms with Gasteiger partial charge in [0, 0.05) is 39.5 Å². The molecular formula is C14H19NO6S2. The molecule has 2 aliphatic rings. The molecule has 0 aromatic carbocycles. The number of thiocarbonyl (C=S) groups is 1. The molecule has 23 heavy (non-hydrogen) atoms. The number of carboxylic acids is 1. The molecular weight excluding hydrogens is 342 g/mol. The Labute approximate surface area is 143 Å². The zero-order valence-electron chi connectivity index (χ0n) is 12.9. The highest BCUT2D eigenvalue weighted by Gasteiger charge is 2.38. The van der Waals surface area contributed by atoms with Crippen molar-refractivity contribution in [3.05, 3.63) is 11.0 Å². The molecule has 2 aliphatic heterocycles. The van der Waals surface area contributed by atoms with E-state index in [9.17, 15) is 9.59 Å². The second kappa shape index (κ2) is 8.20. The third-order valence-electron chi connectivity index (χ3n) is 3.61. The summed E-state index contributed by atoms with van der Waals surface area (Å²) in [5.74, 6) is -1.18. The molecule has 0 saturated carbocycles. The van der Waals surface area contributed by atoms with Crippen molar-refractivity contribution in [3.8, 4) is 0 Å². The molecule has 2 heterocycles. The lowest BCUT2D eigenvalue weighted by molar-refractivity contribution is -0.190. The maximum absolute atomic E-state index is 12.4. The number of hydrogen-bond acceptors (Lipinski definition) is 7. The van der Waals surface area contributed by atoms with Crippen molar-refractivity contribution in [1.29, 1.82) is 0 Å². The second-order valence-corrected chi connectivity index (χ2v) is 6.83. The van der Waals surface area contributed by atoms with Crippen molar-refractivity contribution < 1.29 is 28.9 Å². The Morgan fingerprint density at radius 2 is 2.26 bits per heavy atom. The largest absolute Gasteiger partial charge is 0.481 e. The first kappa shape index (κ1) is 18.3. The SMILES string of the molecule is COC1CC(/C=C2\SC(=S)N(CCCC(=O)O)C2=O)C(OC)O1. The molecule has 0 radical (unpaired) electrons. The van der Waals surface area contributed by atoms with Gasteiger partial charge in [0.25, 0.3) is 5.91 Å². The van der Waals surface area contributed by atoms with Crippen LogP contribution in [0.5, 0.6) is 0 Å². The monoisotopic (exact) mass is 361 g/mol. The number of hydrogen-bond donors (Lipinski definition) is 1. The van der Waals surface area contributed by atoms with E-state index >= 15 is 0 Å². The molecule has 2 rings (SSSR count). The van der Waals surface area contributed by atoms with E-state index in [1.54, 1.807) is 14.2 Å². The van der Waals surface area contributed by atoms with Gasteiger partial charge < -0.3 is 19.3 Å². The first-order valence-electron chi connectivity index (χ1n) is 7.14. The Hall–Kier alpha value is -1.00. The molecule has 1 N–H and O–H groups in total. The van der Waals surface area contributed by atoms with Crippen LogP contribution in [0.3, 0.4) is 0 Å². The average molecular weight is 361 g/mol. The van der Waals surface area contributed by atoms with Crippen LogP contribution in [0.1, 0.15) is 19.3 Å². The summed E-state index contributed by atoms with van der Waals surface area (Å²) in [6.45, 7) is 0.309. The van der Waals surface area contributed by atoms with E-state index in [-0.39, 0.29) is 24.5 Å². The van der Waals surface area contributed by atoms with Crippen LogP contribution in [0.15, 0.2) is 11.0 Å². The number of amides is 1. The lowest BCUT2D eigenvalue weighted by Crippen LogP contribution is -2.29. The van der Waals surface area contributed by atoms with Crippen molar-refractivity contribution in [2.75, 3.05) is 20.8 Å². The van der Waals surface area contributed by atoms with Gasteiger partial charge in [-0.15, -0.1) is 0 Å². The maximum atomic E-state index is 12.4. The fraction of sp³-hybridized carbons (Fsp3) is 0.643. The van der Waals surface area contributed by atoms with Crippen LogP contribution in [-0.4, -0.2) is 59.5 Å². The van der Waals surface area contributed by atoms with Crippen molar-refractivity contribution in [1.82, 2.24) is 4.90 Å². The molecule has 1 amide bonds. The van der Waals surface area contributed by atoms with Crippen LogP contribution >= 0.6 is 24.0 Å². The highest BCUT2D eigenvalue weighted by molar-refractivity contribution is 8.26. The molecule has 7 nitrogen and oxygen atoms in total. The van der Waals surface area contributed by atoms with Gasteiger partial charge in [-0.2, -0.15) is 0 Å². The van der Waals surface area contributed by atoms with Crippen molar-refractivity contribution in [2.45, 2.75) is 31.8 Å². The highest BCUT2D eigenvalue weighted by Crippen LogP contribution is 2.36. The van der Waals surface area contributed by atoms with Gasteiger partial charge in [0.05, 0.1) is 4.91 Å². The van der Waals surface area contributed by atoms with Gasteiger partial charge in [-0.05, 0) is 6.42 Å². The van der Waals surface area contributed by atoms with E-state index in [4.69, 9.17) is 31.5 Å². The first-order chi connectivity index (χ1) is 11.0. The smallest absolute Gasteiger partial charge is 0.303 e. The zero-order chi connectivity index (χ0) is 17.0. The first-order valence-corrected chi connectivity index (χ1v) is 8.37. The van der Waals surface area contributed by atoms with Crippen LogP contribution in [0, 0.1) is 5.92 Å². The molecule has 128 valence electrons. The summed E-state index contributed by atoms with van der Waals surface area (Å²) >= 11 is 6.43. The molecule has 0 aromatic heterocycles. The number of rotatable bonds is 7. The minimum Gasteiger partial charge on any atom is -0.481 e. The minimum atomic E-state index is -0.886. The summed E-state index contributed by atoms with van der Waals surface area (Å²) < 4.78 is 16.4. The number of ether oxygens (including phenoxy) is 3. The lowest BCUT2D eigenvalue weighted by Gasteiger charge is -2.14. The number of carbonyl (C=O) groups is 2. The quantitative estimate of drug-likeness (QED) is 0.540. The standard InChI is InChI=1S/C14H19NO6S2/c1-19-11-7-8(13(20-2)21-11)6-9-12(18)15(14(22)23-9)5-3-4-10(16)17/h6,8,11,13H,3-5,7H2,1-2H3,(H,16,17)/b9-6-. The summed E-state index contributed by atoms with van der Waals surface area (Å²) in [7, 11) is 3.10. The molecule has 9 heteroatoms. The third-order valence-corrected chi connectivity index (χ3v) is 5.00. The fourth-order valence-corrected chi connectivity index (χ4v) is 3.81. The number of carbonyl (C=O) groups excluding carboxylic acids is 1. The normalized spacial score (nSPS) is 29.7. The van der Waals surface area contributed by atoms with Crippen molar-refractivity contribution >= 4 is 40.2 Å². The number of methoxy groups -OCH3 is 2. The van der Waals surface area contributed by atoms with E-state index in [2.05, 4.69) is 0 Å². The summed E-state index contributed by atoms with van der Waals surface area (Å²) in [5.41, 5.74) is 0. The van der Waals surface area contributed by atoms with Gasteiger partial charge in [-0.3, -0.25) is 14.5 Å². The van der Waals surface area contributed by atoms with Gasteiger partial charge >= 0.3 is 5.97 Å². The third kappa shape index (κ3) is 4.51. The average Bonchev–Trinajstić information content (AvgIpc) is 3.02. The van der Waals surface area contributed by atoms with E-state index in [0.717, 1.165) is 0 Å². The minimum absolute atomic E-state index is 0.00778. The van der Waals surface area contributed by atoms with Crippen LogP contribution in [0.2, 0.25) is 0 Å². The predicted molar refractivity (Wildman–Crippen MR) is 87.6 cm³/mol. The second-order valence-electron chi connectivity index (χ2n) is 5.16. The molecule has 0 spiro atoms. The number of aliphatic carboxylic acids is 1. The zero-order valence-corrected chi connectivity index (χ0v) is 14.5. The van der Waals surface area contributed by atoms with Gasteiger partial charge in [0.1, 0.15) is 4.32 Å². The van der Waals surface area contributed by atoms with Crippen molar-refractivity contribution in [2.24, 2.45) is 5.92 Å². The molecule has 0 aliphatic carbocycles. The lowest BCUT2D eigenvalue weighted by atomic mass is 10.1. The number of nitrogens with zero attached hydrogens (tertiary/aromatic N) is 1. The highest BCUT2D eigenvalue weighted by atomic mass is 32.2. The van der Waals surface area contributed by atoms with Gasteiger partial charge in [0.15, 0.2) is 12.6 Å². The van der Waals surface area contributed by atoms with Crippen LogP contribution < -0.4 is 0 Å². The molecule has 0 bridgehead atoms. The number of carboxylic acid groups (broad SMARTS) is 1. The Morgan fingerprint density at radius 1 is 1.52 bits per heavy atom. The molecule has 3 atom stereocenters. The molecule has 3 unspecified atom stereocenters. The summed E-state index contributed by atoms with van der Waals surface area (Å²) in [5, 5.41) is 8.67. The Kier molecular flexibility index (Phi) is 6.54. The van der Waals surface area contributed by atoms with Crippen molar-refractivity contribution in [3.63, 3.8) is 0 Å². The van der Waals surface area contributed by atoms with Crippen LogP contribution in [0.4, 0.5) is 0 Å². The summed E-state index contributed by atoms with van der Waals surface area (Å²) in [6.07, 6.45) is 1.96. The van der Waals surface area contributed by atoms with E-state index in [0.29, 0.717) is 28.6 Å². The van der Waals surface area contributed by atoms with E-state index in [1.807, 2.05) is 6.08 Å². The van der Waals surface area contributed by atoms with Crippen LogP contribution in [-0.2, 0) is 23.8 Å². The molecule has 2 fully saturated rings. The van der Waals surface area contributed by atoms with Crippen LogP contribution in [0.25, 0.3) is 0 Å². The van der Waals surface area contributed by atoms with Gasteiger partial charge in [-0.25, -0.2) is 0 Å². The Morgan fingerprint density at radius 3 is 2.87 bits per heavy atom. The topological polar surface area (TPSA) is 85.3 Å². The maximum Gasteiger partial charge on any atom is 0.303 e. The van der Waals surface area contributed by atoms with E-state index in [1.165, 1.54) is 16.7 Å². The van der Waals surface area contributed by atoms with E-state index < -0.39 is 12.3 Å². The van der Waals surface area contributed by atoms with Gasteiger partial charge in [-0.1, -0.05) is 30.1 Å². The van der Waals surface area contributed by atoms with Gasteiger partial charge in [0.2, 0.25) is 0 Å². The molecule has 0 aromatic rings. The Bertz CT molecular complexity index is 523. The molecule has 2 saturated heterocycles. The fourth-order valence-electron chi connectivity index (χ4n) is 2.46.